The maximum absolute atomic E-state index is 12.6. The highest BCUT2D eigenvalue weighted by molar-refractivity contribution is 7.17. The molecule has 1 saturated heterocycles. The van der Waals surface area contributed by atoms with Gasteiger partial charge in [-0.05, 0) is 63.0 Å². The Bertz CT molecular complexity index is 670. The molecular weight excluding hydrogens is 348 g/mol. The first kappa shape index (κ1) is 19.4. The SMILES string of the molecule is CCOC(=O)c1c(NC(=O)CN2CCC[C@@H](C)C2)sc2c1CC[C@@H](C)C2. The van der Waals surface area contributed by atoms with Gasteiger partial charge < -0.3 is 10.1 Å². The van der Waals surface area contributed by atoms with Crippen LogP contribution in [-0.2, 0) is 22.4 Å². The summed E-state index contributed by atoms with van der Waals surface area (Å²) >= 11 is 1.56. The molecule has 2 heterocycles. The lowest BCUT2D eigenvalue weighted by Crippen LogP contribution is -2.39. The summed E-state index contributed by atoms with van der Waals surface area (Å²) in [5.74, 6) is 0.925. The Labute approximate surface area is 160 Å². The van der Waals surface area contributed by atoms with E-state index in [4.69, 9.17) is 4.74 Å². The number of rotatable bonds is 5. The molecule has 26 heavy (non-hydrogen) atoms. The number of amides is 1. The third-order valence-corrected chi connectivity index (χ3v) is 6.52. The van der Waals surface area contributed by atoms with Crippen LogP contribution in [0.5, 0.6) is 0 Å². The number of hydrogen-bond donors (Lipinski definition) is 1. The predicted molar refractivity (Wildman–Crippen MR) is 105 cm³/mol. The lowest BCUT2D eigenvalue weighted by molar-refractivity contribution is -0.117. The predicted octanol–water partition coefficient (Wildman–Crippen LogP) is 3.72. The molecule has 2 atom stereocenters. The highest BCUT2D eigenvalue weighted by atomic mass is 32.1. The van der Waals surface area contributed by atoms with Gasteiger partial charge in [0.15, 0.2) is 0 Å². The Kier molecular flexibility index (Phi) is 6.35. The van der Waals surface area contributed by atoms with Gasteiger partial charge in [0.05, 0.1) is 18.7 Å². The van der Waals surface area contributed by atoms with Gasteiger partial charge in [0, 0.05) is 11.4 Å². The molecule has 5 nitrogen and oxygen atoms in total. The molecule has 2 aliphatic rings. The molecular formula is C20H30N2O3S. The number of nitrogens with one attached hydrogen (secondary N) is 1. The Morgan fingerprint density at radius 3 is 2.81 bits per heavy atom. The van der Waals surface area contributed by atoms with E-state index in [0.29, 0.717) is 35.6 Å². The summed E-state index contributed by atoms with van der Waals surface area (Å²) in [4.78, 5) is 28.6. The van der Waals surface area contributed by atoms with E-state index in [-0.39, 0.29) is 11.9 Å². The molecule has 0 radical (unpaired) electrons. The van der Waals surface area contributed by atoms with Crippen LogP contribution < -0.4 is 5.32 Å². The van der Waals surface area contributed by atoms with Crippen molar-refractivity contribution in [1.82, 2.24) is 4.90 Å². The minimum atomic E-state index is -0.304. The smallest absolute Gasteiger partial charge is 0.341 e. The Morgan fingerprint density at radius 2 is 2.08 bits per heavy atom. The zero-order valence-corrected chi connectivity index (χ0v) is 16.9. The summed E-state index contributed by atoms with van der Waals surface area (Å²) < 4.78 is 5.27. The molecule has 3 rings (SSSR count). The fourth-order valence-corrected chi connectivity index (χ4v) is 5.47. The van der Waals surface area contributed by atoms with Crippen LogP contribution in [0.3, 0.4) is 0 Å². The highest BCUT2D eigenvalue weighted by Gasteiger charge is 2.29. The summed E-state index contributed by atoms with van der Waals surface area (Å²) in [5.41, 5.74) is 1.69. The number of piperidine rings is 1. The van der Waals surface area contributed by atoms with E-state index in [1.54, 1.807) is 11.3 Å². The van der Waals surface area contributed by atoms with Gasteiger partial charge in [-0.1, -0.05) is 13.8 Å². The third-order valence-electron chi connectivity index (χ3n) is 5.35. The lowest BCUT2D eigenvalue weighted by atomic mass is 9.88. The normalized spacial score (nSPS) is 23.3. The summed E-state index contributed by atoms with van der Waals surface area (Å²) in [5, 5.41) is 3.70. The highest BCUT2D eigenvalue weighted by Crippen LogP contribution is 2.40. The average Bonchev–Trinajstić information content (AvgIpc) is 2.91. The van der Waals surface area contributed by atoms with Crippen LogP contribution in [0.2, 0.25) is 0 Å². The lowest BCUT2D eigenvalue weighted by Gasteiger charge is -2.30. The van der Waals surface area contributed by atoms with E-state index < -0.39 is 0 Å². The number of likely N-dealkylation sites (tertiary alicyclic amines) is 1. The molecule has 1 aromatic rings. The molecule has 0 spiro atoms. The minimum Gasteiger partial charge on any atom is -0.462 e. The maximum atomic E-state index is 12.6. The molecule has 0 saturated carbocycles. The molecule has 144 valence electrons. The summed E-state index contributed by atoms with van der Waals surface area (Å²) in [6, 6.07) is 0. The molecule has 1 aromatic heterocycles. The molecule has 0 aromatic carbocycles. The van der Waals surface area contributed by atoms with Crippen LogP contribution in [0.4, 0.5) is 5.00 Å². The fourth-order valence-electron chi connectivity index (χ4n) is 4.06. The van der Waals surface area contributed by atoms with Crippen molar-refractivity contribution in [2.24, 2.45) is 11.8 Å². The van der Waals surface area contributed by atoms with Crippen LogP contribution in [0.15, 0.2) is 0 Å². The van der Waals surface area contributed by atoms with Crippen LogP contribution in [0.25, 0.3) is 0 Å². The standard InChI is InChI=1S/C20H30N2O3S/c1-4-25-20(24)18-15-8-7-13(2)10-16(15)26-19(18)21-17(23)12-22-9-5-6-14(3)11-22/h13-14H,4-12H2,1-3H3,(H,21,23)/t13-,14-/m1/s1. The van der Waals surface area contributed by atoms with Crippen LogP contribution >= 0.6 is 11.3 Å². The fraction of sp³-hybridized carbons (Fsp3) is 0.700. The van der Waals surface area contributed by atoms with Crippen molar-refractivity contribution in [3.63, 3.8) is 0 Å². The van der Waals surface area contributed by atoms with Crippen molar-refractivity contribution < 1.29 is 14.3 Å². The van der Waals surface area contributed by atoms with Crippen molar-refractivity contribution >= 4 is 28.2 Å². The summed E-state index contributed by atoms with van der Waals surface area (Å²) in [6.45, 7) is 8.97. The number of esters is 1. The zero-order chi connectivity index (χ0) is 18.7. The quantitative estimate of drug-likeness (QED) is 0.794. The van der Waals surface area contributed by atoms with Gasteiger partial charge >= 0.3 is 5.97 Å². The first-order valence-corrected chi connectivity index (χ1v) is 10.6. The van der Waals surface area contributed by atoms with Gasteiger partial charge in [-0.3, -0.25) is 9.69 Å². The van der Waals surface area contributed by atoms with Crippen molar-refractivity contribution in [1.29, 1.82) is 0 Å². The molecule has 1 aliphatic heterocycles. The Balaban J connectivity index is 1.75. The monoisotopic (exact) mass is 378 g/mol. The van der Waals surface area contributed by atoms with Gasteiger partial charge in [-0.25, -0.2) is 4.79 Å². The zero-order valence-electron chi connectivity index (χ0n) is 16.1. The van der Waals surface area contributed by atoms with Crippen LogP contribution in [0, 0.1) is 11.8 Å². The van der Waals surface area contributed by atoms with E-state index in [1.807, 2.05) is 6.92 Å². The Hall–Kier alpha value is -1.40. The first-order valence-electron chi connectivity index (χ1n) is 9.81. The number of thiophene rings is 1. The number of nitrogens with zero attached hydrogens (tertiary/aromatic N) is 1. The third kappa shape index (κ3) is 4.46. The summed E-state index contributed by atoms with van der Waals surface area (Å²) in [6.07, 6.45) is 5.33. The van der Waals surface area contributed by atoms with E-state index >= 15 is 0 Å². The van der Waals surface area contributed by atoms with E-state index in [1.165, 1.54) is 11.3 Å². The molecule has 1 N–H and O–H groups in total. The van der Waals surface area contributed by atoms with Gasteiger partial charge in [-0.15, -0.1) is 11.3 Å². The van der Waals surface area contributed by atoms with E-state index in [9.17, 15) is 9.59 Å². The minimum absolute atomic E-state index is 0.0312. The maximum Gasteiger partial charge on any atom is 0.341 e. The number of fused-ring (bicyclic) bond motifs is 1. The first-order chi connectivity index (χ1) is 12.5. The van der Waals surface area contributed by atoms with Gasteiger partial charge in [-0.2, -0.15) is 0 Å². The number of hydrogen-bond acceptors (Lipinski definition) is 5. The Morgan fingerprint density at radius 1 is 1.27 bits per heavy atom. The van der Waals surface area contributed by atoms with Gasteiger partial charge in [0.25, 0.3) is 0 Å². The van der Waals surface area contributed by atoms with Crippen LogP contribution in [0.1, 0.15) is 60.8 Å². The van der Waals surface area contributed by atoms with Crippen molar-refractivity contribution in [3.05, 3.63) is 16.0 Å². The molecule has 1 fully saturated rings. The molecule has 0 bridgehead atoms. The number of carbonyl (C=O) groups excluding carboxylic acids is 2. The van der Waals surface area contributed by atoms with Crippen molar-refractivity contribution in [2.45, 2.75) is 52.9 Å². The van der Waals surface area contributed by atoms with Gasteiger partial charge in [0.1, 0.15) is 5.00 Å². The van der Waals surface area contributed by atoms with Crippen molar-refractivity contribution in [2.75, 3.05) is 31.6 Å². The largest absolute Gasteiger partial charge is 0.462 e. The molecule has 1 amide bonds. The molecule has 6 heteroatoms. The second-order valence-electron chi connectivity index (χ2n) is 7.81. The van der Waals surface area contributed by atoms with Crippen LogP contribution in [-0.4, -0.2) is 43.0 Å². The molecule has 1 aliphatic carbocycles. The number of carbonyl (C=O) groups is 2. The van der Waals surface area contributed by atoms with Gasteiger partial charge in [0.2, 0.25) is 5.91 Å². The number of ether oxygens (including phenoxy) is 1. The molecule has 0 unspecified atom stereocenters. The van der Waals surface area contributed by atoms with E-state index in [2.05, 4.69) is 24.1 Å². The second kappa shape index (κ2) is 8.53. The van der Waals surface area contributed by atoms with E-state index in [0.717, 1.165) is 44.3 Å². The second-order valence-corrected chi connectivity index (χ2v) is 8.91. The summed E-state index contributed by atoms with van der Waals surface area (Å²) in [7, 11) is 0. The van der Waals surface area contributed by atoms with Crippen molar-refractivity contribution in [3.8, 4) is 0 Å². The average molecular weight is 379 g/mol. The number of anilines is 1. The topological polar surface area (TPSA) is 58.6 Å².